The third-order valence-corrected chi connectivity index (χ3v) is 8.90. The molecule has 3 heterocycles. The zero-order valence-electron chi connectivity index (χ0n) is 24.8. The van der Waals surface area contributed by atoms with E-state index in [1.165, 1.54) is 11.3 Å². The number of furan rings is 1. The first-order chi connectivity index (χ1) is 21.3. The molecular formula is C35H31ClN2O5S. The molecule has 6 rings (SSSR count). The number of carbonyl (C=O) groups excluding carboxylic acids is 1. The van der Waals surface area contributed by atoms with Gasteiger partial charge in [-0.05, 0) is 66.9 Å². The fourth-order valence-corrected chi connectivity index (χ4v) is 6.87. The fraction of sp³-hybridized carbons (Fsp3) is 0.229. The Hall–Kier alpha value is -4.40. The lowest BCUT2D eigenvalue weighted by atomic mass is 9.90. The van der Waals surface area contributed by atoms with Gasteiger partial charge < -0.3 is 13.9 Å². The van der Waals surface area contributed by atoms with Gasteiger partial charge in [-0.2, -0.15) is 0 Å². The van der Waals surface area contributed by atoms with Crippen LogP contribution in [0, 0.1) is 6.92 Å². The van der Waals surface area contributed by atoms with Crippen LogP contribution in [0.1, 0.15) is 49.6 Å². The molecule has 2 aromatic heterocycles. The molecule has 0 spiro atoms. The normalized spacial score (nSPS) is 14.9. The van der Waals surface area contributed by atoms with Gasteiger partial charge in [0.05, 0.1) is 29.5 Å². The first-order valence-electron chi connectivity index (χ1n) is 14.5. The Morgan fingerprint density at radius 1 is 1.11 bits per heavy atom. The third-order valence-electron chi connectivity index (χ3n) is 7.68. The maximum atomic E-state index is 14.3. The Labute approximate surface area is 263 Å². The van der Waals surface area contributed by atoms with E-state index in [1.807, 2.05) is 80.6 Å². The number of ether oxygens (including phenoxy) is 2. The maximum Gasteiger partial charge on any atom is 0.338 e. The van der Waals surface area contributed by atoms with Gasteiger partial charge in [0.25, 0.3) is 5.56 Å². The lowest BCUT2D eigenvalue weighted by molar-refractivity contribution is -0.139. The summed E-state index contributed by atoms with van der Waals surface area (Å²) in [6.07, 6.45) is 3.02. The number of fused-ring (bicyclic) bond motifs is 2. The topological polar surface area (TPSA) is 83.0 Å². The van der Waals surface area contributed by atoms with Crippen molar-refractivity contribution in [2.75, 3.05) is 13.7 Å². The van der Waals surface area contributed by atoms with E-state index in [0.717, 1.165) is 28.3 Å². The summed E-state index contributed by atoms with van der Waals surface area (Å²) < 4.78 is 19.6. The number of benzene rings is 3. The molecule has 0 saturated carbocycles. The molecule has 1 atom stereocenters. The van der Waals surface area contributed by atoms with Gasteiger partial charge in [-0.3, -0.25) is 9.36 Å². The van der Waals surface area contributed by atoms with Crippen molar-refractivity contribution in [2.45, 2.75) is 39.7 Å². The summed E-state index contributed by atoms with van der Waals surface area (Å²) in [7, 11) is 1.59. The van der Waals surface area contributed by atoms with Gasteiger partial charge in [0.15, 0.2) is 4.80 Å². The van der Waals surface area contributed by atoms with Crippen molar-refractivity contribution < 1.29 is 18.7 Å². The van der Waals surface area contributed by atoms with Crippen LogP contribution in [0.3, 0.4) is 0 Å². The van der Waals surface area contributed by atoms with Crippen LogP contribution in [0.4, 0.5) is 0 Å². The quantitative estimate of drug-likeness (QED) is 0.174. The third kappa shape index (κ3) is 5.29. The number of nitrogens with zero attached hydrogens (tertiary/aromatic N) is 2. The molecule has 7 nitrogen and oxygen atoms in total. The van der Waals surface area contributed by atoms with Gasteiger partial charge in [0.1, 0.15) is 23.3 Å². The SMILES string of the molecule is CCCC1=C(C(=O)OCC)C(c2c(OC)ccc3ccccc23)n2c(s/c(=C\c3ccc(-c4cc(Cl)ccc4C)o3)c2=O)=N1. The van der Waals surface area contributed by atoms with Crippen molar-refractivity contribution in [1.29, 1.82) is 0 Å². The minimum absolute atomic E-state index is 0.193. The van der Waals surface area contributed by atoms with Gasteiger partial charge in [-0.1, -0.05) is 72.7 Å². The molecule has 1 aliphatic rings. The number of aromatic nitrogens is 1. The van der Waals surface area contributed by atoms with Crippen LogP contribution in [0.25, 0.3) is 28.2 Å². The zero-order chi connectivity index (χ0) is 31.0. The maximum absolute atomic E-state index is 14.3. The molecule has 0 bridgehead atoms. The van der Waals surface area contributed by atoms with Crippen molar-refractivity contribution in [3.05, 3.63) is 120 Å². The number of methoxy groups -OCH3 is 1. The summed E-state index contributed by atoms with van der Waals surface area (Å²) in [5, 5.41) is 2.45. The molecule has 0 radical (unpaired) electrons. The van der Waals surface area contributed by atoms with Crippen LogP contribution >= 0.6 is 22.9 Å². The largest absolute Gasteiger partial charge is 0.496 e. The average Bonchev–Trinajstić information content (AvgIpc) is 3.61. The molecule has 9 heteroatoms. The predicted molar refractivity (Wildman–Crippen MR) is 174 cm³/mol. The Kier molecular flexibility index (Phi) is 8.29. The number of allylic oxidation sites excluding steroid dienone is 1. The summed E-state index contributed by atoms with van der Waals surface area (Å²) in [4.78, 5) is 33.4. The van der Waals surface area contributed by atoms with Gasteiger partial charge in [0, 0.05) is 22.2 Å². The highest BCUT2D eigenvalue weighted by Crippen LogP contribution is 2.41. The Morgan fingerprint density at radius 2 is 1.93 bits per heavy atom. The number of carbonyl (C=O) groups is 1. The number of halogens is 1. The number of aryl methyl sites for hydroxylation is 1. The summed E-state index contributed by atoms with van der Waals surface area (Å²) in [6, 6.07) is 20.2. The van der Waals surface area contributed by atoms with E-state index in [0.29, 0.717) is 54.9 Å². The second-order valence-corrected chi connectivity index (χ2v) is 11.9. The molecule has 0 fully saturated rings. The van der Waals surface area contributed by atoms with Crippen LogP contribution in [-0.2, 0) is 9.53 Å². The van der Waals surface area contributed by atoms with E-state index in [-0.39, 0.29) is 12.2 Å². The minimum Gasteiger partial charge on any atom is -0.496 e. The highest BCUT2D eigenvalue weighted by Gasteiger charge is 2.37. The molecule has 0 aliphatic carbocycles. The lowest BCUT2D eigenvalue weighted by Crippen LogP contribution is -2.40. The van der Waals surface area contributed by atoms with Crippen molar-refractivity contribution in [1.82, 2.24) is 4.57 Å². The highest BCUT2D eigenvalue weighted by atomic mass is 35.5. The van der Waals surface area contributed by atoms with Gasteiger partial charge >= 0.3 is 5.97 Å². The van der Waals surface area contributed by atoms with Gasteiger partial charge in [-0.25, -0.2) is 9.79 Å². The molecule has 224 valence electrons. The van der Waals surface area contributed by atoms with Crippen molar-refractivity contribution in [3.63, 3.8) is 0 Å². The standard InChI is InChI=1S/C35H31ClN2O5S/c1-5-9-26-31(34(40)42-6-2)32(30-24-11-8-7-10-21(24)13-16-28(30)41-4)38-33(39)29(44-35(38)37-26)19-23-15-17-27(43-23)25-18-22(36)14-12-20(25)3/h7-8,10-19,32H,5-6,9H2,1-4H3/b29-19-. The summed E-state index contributed by atoms with van der Waals surface area (Å²) in [6.45, 7) is 5.98. The zero-order valence-corrected chi connectivity index (χ0v) is 26.4. The van der Waals surface area contributed by atoms with Crippen LogP contribution in [-0.4, -0.2) is 24.3 Å². The molecule has 0 saturated heterocycles. The van der Waals surface area contributed by atoms with Crippen molar-refractivity contribution in [3.8, 4) is 17.1 Å². The van der Waals surface area contributed by atoms with E-state index in [9.17, 15) is 9.59 Å². The molecule has 3 aromatic carbocycles. The van der Waals surface area contributed by atoms with E-state index in [1.54, 1.807) is 24.7 Å². The van der Waals surface area contributed by atoms with Crippen molar-refractivity contribution >= 4 is 45.8 Å². The van der Waals surface area contributed by atoms with E-state index in [4.69, 9.17) is 30.5 Å². The van der Waals surface area contributed by atoms with E-state index >= 15 is 0 Å². The Bertz CT molecular complexity index is 2120. The average molecular weight is 627 g/mol. The van der Waals surface area contributed by atoms with E-state index in [2.05, 4.69) is 0 Å². The van der Waals surface area contributed by atoms with Gasteiger partial charge in [0.2, 0.25) is 0 Å². The van der Waals surface area contributed by atoms with Crippen LogP contribution in [0.5, 0.6) is 5.75 Å². The fourth-order valence-electron chi connectivity index (χ4n) is 5.69. The number of thiazole rings is 1. The van der Waals surface area contributed by atoms with Gasteiger partial charge in [-0.15, -0.1) is 0 Å². The molecular weight excluding hydrogens is 596 g/mol. The number of hydrogen-bond donors (Lipinski definition) is 0. The first-order valence-corrected chi connectivity index (χ1v) is 15.7. The van der Waals surface area contributed by atoms with Crippen LogP contribution in [0.15, 0.2) is 92.2 Å². The second-order valence-electron chi connectivity index (χ2n) is 10.5. The highest BCUT2D eigenvalue weighted by molar-refractivity contribution is 7.07. The smallest absolute Gasteiger partial charge is 0.338 e. The Balaban J connectivity index is 1.60. The summed E-state index contributed by atoms with van der Waals surface area (Å²) in [5.74, 6) is 1.23. The molecule has 1 aliphatic heterocycles. The summed E-state index contributed by atoms with van der Waals surface area (Å²) >= 11 is 7.51. The number of rotatable bonds is 8. The number of esters is 1. The molecule has 5 aromatic rings. The van der Waals surface area contributed by atoms with Crippen molar-refractivity contribution in [2.24, 2.45) is 4.99 Å². The Morgan fingerprint density at radius 3 is 2.70 bits per heavy atom. The molecule has 44 heavy (non-hydrogen) atoms. The summed E-state index contributed by atoms with van der Waals surface area (Å²) in [5.41, 5.74) is 3.28. The number of hydrogen-bond acceptors (Lipinski definition) is 7. The molecule has 1 unspecified atom stereocenters. The monoisotopic (exact) mass is 626 g/mol. The van der Waals surface area contributed by atoms with E-state index < -0.39 is 12.0 Å². The molecule has 0 amide bonds. The second kappa shape index (κ2) is 12.3. The van der Waals surface area contributed by atoms with Crippen LogP contribution in [0.2, 0.25) is 5.02 Å². The predicted octanol–water partition coefficient (Wildman–Crippen LogP) is 6.96. The first kappa shape index (κ1) is 29.7. The lowest BCUT2D eigenvalue weighted by Gasteiger charge is -2.28. The minimum atomic E-state index is -0.809. The molecule has 0 N–H and O–H groups in total. The van der Waals surface area contributed by atoms with Crippen LogP contribution < -0.4 is 19.6 Å².